The van der Waals surface area contributed by atoms with E-state index in [9.17, 15) is 9.59 Å². The highest BCUT2D eigenvalue weighted by molar-refractivity contribution is 5.97. The van der Waals surface area contributed by atoms with Crippen LogP contribution in [0.5, 0.6) is 0 Å². The van der Waals surface area contributed by atoms with Gasteiger partial charge in [-0.25, -0.2) is 0 Å². The first kappa shape index (κ1) is 17.0. The van der Waals surface area contributed by atoms with Gasteiger partial charge in [0.1, 0.15) is 0 Å². The number of anilines is 2. The first-order chi connectivity index (χ1) is 12.0. The number of carbonyl (C=O) groups is 2. The molecule has 1 aliphatic heterocycles. The number of benzene rings is 2. The molecule has 130 valence electrons. The van der Waals surface area contributed by atoms with E-state index in [0.29, 0.717) is 13.1 Å². The highest BCUT2D eigenvalue weighted by Gasteiger charge is 2.34. The topological polar surface area (TPSA) is 52.7 Å². The predicted molar refractivity (Wildman–Crippen MR) is 99.4 cm³/mol. The van der Waals surface area contributed by atoms with Crippen LogP contribution in [0.3, 0.4) is 0 Å². The zero-order valence-electron chi connectivity index (χ0n) is 14.6. The van der Waals surface area contributed by atoms with Crippen molar-refractivity contribution in [2.24, 2.45) is 5.92 Å². The predicted octanol–water partition coefficient (Wildman–Crippen LogP) is 2.74. The molecule has 1 N–H and O–H groups in total. The van der Waals surface area contributed by atoms with E-state index >= 15 is 0 Å². The summed E-state index contributed by atoms with van der Waals surface area (Å²) in [6.07, 6.45) is 0.272. The summed E-state index contributed by atoms with van der Waals surface area (Å²) in [7, 11) is 3.94. The molecule has 0 aliphatic carbocycles. The fraction of sp³-hybridized carbons (Fsp3) is 0.300. The Kier molecular flexibility index (Phi) is 5.03. The summed E-state index contributed by atoms with van der Waals surface area (Å²) in [5.74, 6) is -0.363. The Hall–Kier alpha value is -2.82. The van der Waals surface area contributed by atoms with E-state index in [1.165, 1.54) is 0 Å². The lowest BCUT2D eigenvalue weighted by Gasteiger charge is -2.17. The zero-order chi connectivity index (χ0) is 17.8. The largest absolute Gasteiger partial charge is 0.378 e. The number of nitrogens with zero attached hydrogens (tertiary/aromatic N) is 2. The quantitative estimate of drug-likeness (QED) is 0.913. The second-order valence-electron chi connectivity index (χ2n) is 6.59. The molecule has 1 atom stereocenters. The average molecular weight is 337 g/mol. The van der Waals surface area contributed by atoms with Crippen LogP contribution in [0, 0.1) is 5.92 Å². The highest BCUT2D eigenvalue weighted by atomic mass is 16.2. The van der Waals surface area contributed by atoms with E-state index in [2.05, 4.69) is 5.32 Å². The second kappa shape index (κ2) is 7.38. The van der Waals surface area contributed by atoms with Gasteiger partial charge in [0.05, 0.1) is 5.92 Å². The molecule has 1 aliphatic rings. The zero-order valence-corrected chi connectivity index (χ0v) is 14.6. The van der Waals surface area contributed by atoms with Crippen molar-refractivity contribution in [1.29, 1.82) is 0 Å². The molecule has 0 saturated carbocycles. The minimum absolute atomic E-state index is 0.0342. The van der Waals surface area contributed by atoms with E-state index in [1.807, 2.05) is 73.6 Å². The minimum atomic E-state index is -0.301. The lowest BCUT2D eigenvalue weighted by molar-refractivity contribution is -0.128. The molecule has 2 aromatic carbocycles. The Morgan fingerprint density at radius 2 is 1.80 bits per heavy atom. The maximum atomic E-state index is 12.5. The average Bonchev–Trinajstić information content (AvgIpc) is 2.97. The first-order valence-electron chi connectivity index (χ1n) is 8.43. The van der Waals surface area contributed by atoms with Gasteiger partial charge in [-0.15, -0.1) is 0 Å². The Balaban J connectivity index is 1.58. The van der Waals surface area contributed by atoms with Gasteiger partial charge in [0, 0.05) is 45.0 Å². The van der Waals surface area contributed by atoms with E-state index in [-0.39, 0.29) is 24.2 Å². The molecular weight excluding hydrogens is 314 g/mol. The molecule has 0 bridgehead atoms. The number of likely N-dealkylation sites (tertiary alicyclic amines) is 1. The molecule has 2 amide bonds. The van der Waals surface area contributed by atoms with Crippen LogP contribution in [0.2, 0.25) is 0 Å². The lowest BCUT2D eigenvalue weighted by Crippen LogP contribution is -2.28. The highest BCUT2D eigenvalue weighted by Crippen LogP contribution is 2.22. The van der Waals surface area contributed by atoms with Crippen molar-refractivity contribution in [3.63, 3.8) is 0 Å². The molecule has 2 aromatic rings. The summed E-state index contributed by atoms with van der Waals surface area (Å²) in [5.41, 5.74) is 2.91. The van der Waals surface area contributed by atoms with Crippen LogP contribution in [0.1, 0.15) is 12.0 Å². The summed E-state index contributed by atoms with van der Waals surface area (Å²) in [5, 5.41) is 2.92. The first-order valence-corrected chi connectivity index (χ1v) is 8.43. The Bertz CT molecular complexity index is 741. The Morgan fingerprint density at radius 1 is 1.12 bits per heavy atom. The molecule has 25 heavy (non-hydrogen) atoms. The van der Waals surface area contributed by atoms with Crippen LogP contribution in [0.15, 0.2) is 54.6 Å². The molecular formula is C20H23N3O2. The van der Waals surface area contributed by atoms with Gasteiger partial charge in [-0.2, -0.15) is 0 Å². The third kappa shape index (κ3) is 4.18. The summed E-state index contributed by atoms with van der Waals surface area (Å²) >= 11 is 0. The summed E-state index contributed by atoms with van der Waals surface area (Å²) in [4.78, 5) is 28.4. The number of carbonyl (C=O) groups excluding carboxylic acids is 2. The van der Waals surface area contributed by atoms with Crippen molar-refractivity contribution >= 4 is 23.2 Å². The summed E-state index contributed by atoms with van der Waals surface area (Å²) in [6, 6.07) is 17.5. The fourth-order valence-corrected chi connectivity index (χ4v) is 2.99. The molecule has 1 unspecified atom stereocenters. The van der Waals surface area contributed by atoms with E-state index in [1.54, 1.807) is 4.90 Å². The van der Waals surface area contributed by atoms with E-state index in [4.69, 9.17) is 0 Å². The molecule has 0 aromatic heterocycles. The SMILES string of the molecule is CN(C)c1ccc(NC(=O)C2CC(=O)N(Cc3ccccc3)C2)cc1. The number of hydrogen-bond donors (Lipinski definition) is 1. The molecule has 3 rings (SSSR count). The minimum Gasteiger partial charge on any atom is -0.378 e. The molecule has 1 saturated heterocycles. The molecule has 0 spiro atoms. The second-order valence-corrected chi connectivity index (χ2v) is 6.59. The van der Waals surface area contributed by atoms with E-state index < -0.39 is 0 Å². The van der Waals surface area contributed by atoms with Gasteiger partial charge in [0.15, 0.2) is 0 Å². The van der Waals surface area contributed by atoms with Crippen LogP contribution in [-0.2, 0) is 16.1 Å². The van der Waals surface area contributed by atoms with Crippen molar-refractivity contribution < 1.29 is 9.59 Å². The number of rotatable bonds is 5. The van der Waals surface area contributed by atoms with Crippen molar-refractivity contribution in [2.75, 3.05) is 30.9 Å². The summed E-state index contributed by atoms with van der Waals surface area (Å²) in [6.45, 7) is 1.02. The van der Waals surface area contributed by atoms with Gasteiger partial charge in [0.25, 0.3) is 0 Å². The summed E-state index contributed by atoms with van der Waals surface area (Å²) < 4.78 is 0. The van der Waals surface area contributed by atoms with E-state index in [0.717, 1.165) is 16.9 Å². The van der Waals surface area contributed by atoms with Crippen LogP contribution >= 0.6 is 0 Å². The van der Waals surface area contributed by atoms with Gasteiger partial charge >= 0.3 is 0 Å². The smallest absolute Gasteiger partial charge is 0.229 e. The van der Waals surface area contributed by atoms with Crippen molar-refractivity contribution in [3.8, 4) is 0 Å². The van der Waals surface area contributed by atoms with Crippen molar-refractivity contribution in [1.82, 2.24) is 4.90 Å². The maximum absolute atomic E-state index is 12.5. The van der Waals surface area contributed by atoms with Gasteiger partial charge in [-0.1, -0.05) is 30.3 Å². The molecule has 5 nitrogen and oxygen atoms in total. The fourth-order valence-electron chi connectivity index (χ4n) is 2.99. The normalized spacial score (nSPS) is 16.8. The van der Waals surface area contributed by atoms with Gasteiger partial charge < -0.3 is 15.1 Å². The van der Waals surface area contributed by atoms with Gasteiger partial charge in [0.2, 0.25) is 11.8 Å². The third-order valence-corrected chi connectivity index (χ3v) is 4.45. The van der Waals surface area contributed by atoms with Gasteiger partial charge in [-0.05, 0) is 29.8 Å². The van der Waals surface area contributed by atoms with Crippen LogP contribution < -0.4 is 10.2 Å². The molecule has 1 fully saturated rings. The van der Waals surface area contributed by atoms with Gasteiger partial charge in [-0.3, -0.25) is 9.59 Å². The number of hydrogen-bond acceptors (Lipinski definition) is 3. The number of amides is 2. The molecule has 0 radical (unpaired) electrons. The molecule has 1 heterocycles. The third-order valence-electron chi connectivity index (χ3n) is 4.45. The standard InChI is InChI=1S/C20H23N3O2/c1-22(2)18-10-8-17(9-11-18)21-20(25)16-12-19(24)23(14-16)13-15-6-4-3-5-7-15/h3-11,16H,12-14H2,1-2H3,(H,21,25). The van der Waals surface area contributed by atoms with Crippen LogP contribution in [-0.4, -0.2) is 37.4 Å². The van der Waals surface area contributed by atoms with Crippen molar-refractivity contribution in [3.05, 3.63) is 60.2 Å². The van der Waals surface area contributed by atoms with Crippen LogP contribution in [0.25, 0.3) is 0 Å². The maximum Gasteiger partial charge on any atom is 0.229 e. The lowest BCUT2D eigenvalue weighted by atomic mass is 10.1. The Morgan fingerprint density at radius 3 is 2.44 bits per heavy atom. The molecule has 5 heteroatoms. The Labute approximate surface area is 148 Å². The van der Waals surface area contributed by atoms with Crippen LogP contribution in [0.4, 0.5) is 11.4 Å². The number of nitrogens with one attached hydrogen (secondary N) is 1. The monoisotopic (exact) mass is 337 g/mol. The van der Waals surface area contributed by atoms with Crippen molar-refractivity contribution in [2.45, 2.75) is 13.0 Å².